The van der Waals surface area contributed by atoms with Gasteiger partial charge in [-0.25, -0.2) is 17.8 Å². The molecule has 0 saturated carbocycles. The number of nitrogens with one attached hydrogen (secondary N) is 1. The van der Waals surface area contributed by atoms with Gasteiger partial charge in [-0.05, 0) is 43.8 Å². The van der Waals surface area contributed by atoms with E-state index in [1.54, 1.807) is 18.2 Å². The molecule has 1 unspecified atom stereocenters. The zero-order valence-electron chi connectivity index (χ0n) is 15.2. The van der Waals surface area contributed by atoms with Crippen LogP contribution in [0, 0.1) is 5.82 Å². The molecule has 2 heterocycles. The van der Waals surface area contributed by atoms with Crippen molar-refractivity contribution in [1.82, 2.24) is 14.2 Å². The van der Waals surface area contributed by atoms with Gasteiger partial charge in [-0.3, -0.25) is 0 Å². The first kappa shape index (κ1) is 20.0. The third kappa shape index (κ3) is 4.57. The van der Waals surface area contributed by atoms with Gasteiger partial charge < -0.3 is 10.2 Å². The van der Waals surface area contributed by atoms with E-state index in [1.807, 2.05) is 14.0 Å². The number of likely N-dealkylation sites (N-methyl/N-ethyl adjacent to an activating group) is 1. The average Bonchev–Trinajstić information content (AvgIpc) is 2.62. The van der Waals surface area contributed by atoms with Crippen LogP contribution in [0.5, 0.6) is 0 Å². The first-order valence-corrected chi connectivity index (χ1v) is 10.5. The van der Waals surface area contributed by atoms with Crippen molar-refractivity contribution in [3.05, 3.63) is 52.9 Å². The van der Waals surface area contributed by atoms with Gasteiger partial charge in [0.15, 0.2) is 0 Å². The van der Waals surface area contributed by atoms with E-state index < -0.39 is 15.8 Å². The number of hydrogen-bond acceptors (Lipinski definition) is 5. The number of rotatable bonds is 5. The summed E-state index contributed by atoms with van der Waals surface area (Å²) in [5.74, 6) is 0.118. The van der Waals surface area contributed by atoms with Gasteiger partial charge in [-0.15, -0.1) is 0 Å². The Morgan fingerprint density at radius 1 is 1.19 bits per heavy atom. The molecule has 0 amide bonds. The Balaban J connectivity index is 1.71. The highest BCUT2D eigenvalue weighted by molar-refractivity contribution is 7.89. The van der Waals surface area contributed by atoms with Crippen LogP contribution < -0.4 is 5.32 Å². The molecule has 0 aliphatic carbocycles. The van der Waals surface area contributed by atoms with E-state index in [4.69, 9.17) is 11.6 Å². The Morgan fingerprint density at radius 3 is 2.48 bits per heavy atom. The molecule has 1 atom stereocenters. The highest BCUT2D eigenvalue weighted by atomic mass is 35.5. The van der Waals surface area contributed by atoms with Crippen molar-refractivity contribution >= 4 is 27.4 Å². The highest BCUT2D eigenvalue weighted by Gasteiger charge is 2.27. The number of sulfonamides is 1. The molecule has 1 aliphatic rings. The second-order valence-corrected chi connectivity index (χ2v) is 8.96. The van der Waals surface area contributed by atoms with E-state index in [-0.39, 0.29) is 10.9 Å². The molecule has 1 aliphatic heterocycles. The van der Waals surface area contributed by atoms with Crippen molar-refractivity contribution in [2.24, 2.45) is 0 Å². The summed E-state index contributed by atoms with van der Waals surface area (Å²) < 4.78 is 40.1. The van der Waals surface area contributed by atoms with Gasteiger partial charge in [-0.1, -0.05) is 17.7 Å². The number of benzene rings is 1. The zero-order valence-corrected chi connectivity index (χ0v) is 16.8. The number of pyridine rings is 1. The van der Waals surface area contributed by atoms with Crippen LogP contribution in [0.4, 0.5) is 10.2 Å². The van der Waals surface area contributed by atoms with Crippen LogP contribution in [0.1, 0.15) is 18.5 Å². The first-order chi connectivity index (χ1) is 12.8. The number of anilines is 1. The molecule has 9 heteroatoms. The van der Waals surface area contributed by atoms with Gasteiger partial charge in [0, 0.05) is 37.4 Å². The van der Waals surface area contributed by atoms with Crippen LogP contribution >= 0.6 is 11.6 Å². The Labute approximate surface area is 164 Å². The molecule has 27 heavy (non-hydrogen) atoms. The molecular formula is C18H22ClFN4O2S. The van der Waals surface area contributed by atoms with Crippen molar-refractivity contribution in [3.8, 4) is 0 Å². The Kier molecular flexibility index (Phi) is 6.00. The topological polar surface area (TPSA) is 65.5 Å². The van der Waals surface area contributed by atoms with Crippen LogP contribution in [0.3, 0.4) is 0 Å². The smallest absolute Gasteiger partial charge is 0.244 e. The Bertz CT molecular complexity index is 900. The monoisotopic (exact) mass is 412 g/mol. The molecular weight excluding hydrogens is 391 g/mol. The second kappa shape index (κ2) is 8.10. The minimum absolute atomic E-state index is 0.171. The van der Waals surface area contributed by atoms with Crippen molar-refractivity contribution in [2.45, 2.75) is 17.9 Å². The molecule has 0 radical (unpaired) electrons. The zero-order chi connectivity index (χ0) is 19.6. The van der Waals surface area contributed by atoms with Crippen molar-refractivity contribution in [2.75, 3.05) is 38.5 Å². The van der Waals surface area contributed by atoms with Crippen LogP contribution in [0.25, 0.3) is 0 Å². The lowest BCUT2D eigenvalue weighted by atomic mass is 10.1. The normalized spacial score (nSPS) is 17.6. The van der Waals surface area contributed by atoms with Gasteiger partial charge in [0.2, 0.25) is 10.0 Å². The summed E-state index contributed by atoms with van der Waals surface area (Å²) in [5.41, 5.74) is 0.731. The molecule has 1 aromatic carbocycles. The minimum Gasteiger partial charge on any atom is -0.363 e. The first-order valence-electron chi connectivity index (χ1n) is 8.63. The van der Waals surface area contributed by atoms with Crippen molar-refractivity contribution in [3.63, 3.8) is 0 Å². The third-order valence-electron chi connectivity index (χ3n) is 4.63. The average molecular weight is 413 g/mol. The van der Waals surface area contributed by atoms with E-state index in [1.165, 1.54) is 22.6 Å². The van der Waals surface area contributed by atoms with Gasteiger partial charge in [0.25, 0.3) is 0 Å². The number of nitrogens with zero attached hydrogens (tertiary/aromatic N) is 3. The fourth-order valence-corrected chi connectivity index (χ4v) is 4.65. The summed E-state index contributed by atoms with van der Waals surface area (Å²) in [5, 5.41) is 3.47. The number of halogens is 2. The van der Waals surface area contributed by atoms with Crippen LogP contribution in [-0.2, 0) is 10.0 Å². The van der Waals surface area contributed by atoms with Crippen LogP contribution in [0.15, 0.2) is 41.4 Å². The Hall–Kier alpha value is -1.74. The molecule has 3 rings (SSSR count). The van der Waals surface area contributed by atoms with E-state index in [0.29, 0.717) is 37.0 Å². The van der Waals surface area contributed by atoms with Crippen LogP contribution in [-0.4, -0.2) is 55.8 Å². The molecule has 1 aromatic heterocycles. The quantitative estimate of drug-likeness (QED) is 0.817. The summed E-state index contributed by atoms with van der Waals surface area (Å²) in [4.78, 5) is 6.49. The molecule has 1 fully saturated rings. The summed E-state index contributed by atoms with van der Waals surface area (Å²) in [6.45, 7) is 4.23. The fraction of sp³-hybridized carbons (Fsp3) is 0.389. The molecule has 1 N–H and O–H groups in total. The number of hydrogen-bond donors (Lipinski definition) is 1. The largest absolute Gasteiger partial charge is 0.363 e. The standard InChI is InChI=1S/C18H22ClFN4O2S/c1-13(16-5-3-14(20)11-17(16)19)22-18-6-4-15(12-21-18)27(25,26)24-9-7-23(2)8-10-24/h3-6,11-13H,7-10H2,1-2H3,(H,21,22). The maximum absolute atomic E-state index is 13.2. The fourth-order valence-electron chi connectivity index (χ4n) is 2.95. The van der Waals surface area contributed by atoms with Gasteiger partial charge in [-0.2, -0.15) is 4.31 Å². The lowest BCUT2D eigenvalue weighted by Crippen LogP contribution is -2.47. The maximum atomic E-state index is 13.2. The molecule has 0 bridgehead atoms. The predicted octanol–water partition coefficient (Wildman–Crippen LogP) is 2.98. The molecule has 1 saturated heterocycles. The lowest BCUT2D eigenvalue weighted by molar-refractivity contribution is 0.222. The minimum atomic E-state index is -3.54. The molecule has 6 nitrogen and oxygen atoms in total. The van der Waals surface area contributed by atoms with Crippen molar-refractivity contribution < 1.29 is 12.8 Å². The SMILES string of the molecule is CC(Nc1ccc(S(=O)(=O)N2CCN(C)CC2)cn1)c1ccc(F)cc1Cl. The van der Waals surface area contributed by atoms with Gasteiger partial charge in [0.1, 0.15) is 16.5 Å². The molecule has 0 spiro atoms. The Morgan fingerprint density at radius 2 is 1.89 bits per heavy atom. The van der Waals surface area contributed by atoms with Gasteiger partial charge in [0.05, 0.1) is 6.04 Å². The predicted molar refractivity (Wildman–Crippen MR) is 104 cm³/mol. The van der Waals surface area contributed by atoms with Crippen molar-refractivity contribution in [1.29, 1.82) is 0 Å². The second-order valence-electron chi connectivity index (χ2n) is 6.62. The van der Waals surface area contributed by atoms with Crippen LogP contribution in [0.2, 0.25) is 5.02 Å². The summed E-state index contributed by atoms with van der Waals surface area (Å²) in [7, 11) is -1.57. The van der Waals surface area contributed by atoms with E-state index in [0.717, 1.165) is 5.56 Å². The number of piperazine rings is 1. The number of aromatic nitrogens is 1. The maximum Gasteiger partial charge on any atom is 0.244 e. The summed E-state index contributed by atoms with van der Waals surface area (Å²) in [6.07, 6.45) is 1.36. The highest BCUT2D eigenvalue weighted by Crippen LogP contribution is 2.26. The summed E-state index contributed by atoms with van der Waals surface area (Å²) in [6, 6.07) is 7.17. The third-order valence-corrected chi connectivity index (χ3v) is 6.84. The van der Waals surface area contributed by atoms with E-state index >= 15 is 0 Å². The lowest BCUT2D eigenvalue weighted by Gasteiger charge is -2.31. The summed E-state index contributed by atoms with van der Waals surface area (Å²) >= 11 is 6.08. The molecule has 146 valence electrons. The molecule has 2 aromatic rings. The van der Waals surface area contributed by atoms with E-state index in [2.05, 4.69) is 15.2 Å². The van der Waals surface area contributed by atoms with E-state index in [9.17, 15) is 12.8 Å². The van der Waals surface area contributed by atoms with Gasteiger partial charge >= 0.3 is 0 Å².